The number of carbonyl (C=O) groups is 2. The van der Waals surface area contributed by atoms with E-state index in [1.165, 1.54) is 7.11 Å². The largest absolute Gasteiger partial charge is 0.469 e. The monoisotopic (exact) mass is 541 g/mol. The SMILES string of the molecule is COC(=O)CCc1cccc(NC(=O)C(c2ccc(Cn3nc(C(F)(F)F)ccc3=O)cc2)C2CCCC2)c1. The highest BCUT2D eigenvalue weighted by atomic mass is 19.4. The topological polar surface area (TPSA) is 90.3 Å². The van der Waals surface area contributed by atoms with E-state index in [-0.39, 0.29) is 30.8 Å². The number of aryl methyl sites for hydroxylation is 1. The quantitative estimate of drug-likeness (QED) is 0.370. The molecule has 7 nitrogen and oxygen atoms in total. The molecule has 0 aliphatic heterocycles. The van der Waals surface area contributed by atoms with Crippen LogP contribution in [0.5, 0.6) is 0 Å². The van der Waals surface area contributed by atoms with Crippen molar-refractivity contribution in [1.82, 2.24) is 9.78 Å². The van der Waals surface area contributed by atoms with Crippen LogP contribution < -0.4 is 10.9 Å². The van der Waals surface area contributed by atoms with Crippen molar-refractivity contribution in [3.05, 3.63) is 93.4 Å². The summed E-state index contributed by atoms with van der Waals surface area (Å²) in [5.41, 5.74) is 1.16. The fraction of sp³-hybridized carbons (Fsp3) is 0.379. The van der Waals surface area contributed by atoms with E-state index < -0.39 is 23.3 Å². The smallest absolute Gasteiger partial charge is 0.435 e. The Morgan fingerprint density at radius 2 is 1.77 bits per heavy atom. The minimum atomic E-state index is -4.65. The maximum atomic E-state index is 13.5. The number of benzene rings is 2. The molecule has 0 saturated heterocycles. The molecule has 1 unspecified atom stereocenters. The average molecular weight is 542 g/mol. The summed E-state index contributed by atoms with van der Waals surface area (Å²) in [5, 5.41) is 6.48. The van der Waals surface area contributed by atoms with Gasteiger partial charge in [0.05, 0.1) is 19.6 Å². The van der Waals surface area contributed by atoms with Gasteiger partial charge < -0.3 is 10.1 Å². The molecule has 10 heteroatoms. The first-order chi connectivity index (χ1) is 18.6. The second kappa shape index (κ2) is 12.3. The number of amides is 1. The predicted molar refractivity (Wildman–Crippen MR) is 139 cm³/mol. The Bertz CT molecular complexity index is 1360. The van der Waals surface area contributed by atoms with Crippen molar-refractivity contribution >= 4 is 17.6 Å². The lowest BCUT2D eigenvalue weighted by atomic mass is 9.83. The van der Waals surface area contributed by atoms with E-state index in [9.17, 15) is 27.6 Å². The van der Waals surface area contributed by atoms with E-state index in [0.717, 1.165) is 47.6 Å². The van der Waals surface area contributed by atoms with Crippen LogP contribution in [0.15, 0.2) is 65.5 Å². The van der Waals surface area contributed by atoms with E-state index in [0.29, 0.717) is 23.7 Å². The number of ether oxygens (including phenoxy) is 1. The molecule has 4 rings (SSSR count). The zero-order valence-corrected chi connectivity index (χ0v) is 21.5. The van der Waals surface area contributed by atoms with Crippen molar-refractivity contribution < 1.29 is 27.5 Å². The molecule has 0 spiro atoms. The summed E-state index contributed by atoms with van der Waals surface area (Å²) in [4.78, 5) is 37.1. The Balaban J connectivity index is 1.51. The van der Waals surface area contributed by atoms with Crippen molar-refractivity contribution in [3.8, 4) is 0 Å². The zero-order valence-electron chi connectivity index (χ0n) is 21.5. The van der Waals surface area contributed by atoms with Gasteiger partial charge in [-0.2, -0.15) is 18.3 Å². The number of hydrogen-bond acceptors (Lipinski definition) is 5. The second-order valence-corrected chi connectivity index (χ2v) is 9.74. The minimum Gasteiger partial charge on any atom is -0.469 e. The van der Waals surface area contributed by atoms with Gasteiger partial charge in [0.1, 0.15) is 0 Å². The Labute approximate surface area is 224 Å². The van der Waals surface area contributed by atoms with Crippen molar-refractivity contribution in [2.24, 2.45) is 5.92 Å². The third kappa shape index (κ3) is 7.34. The first-order valence-electron chi connectivity index (χ1n) is 12.8. The van der Waals surface area contributed by atoms with Crippen molar-refractivity contribution in [1.29, 1.82) is 0 Å². The van der Waals surface area contributed by atoms with E-state index in [4.69, 9.17) is 4.74 Å². The molecule has 1 heterocycles. The minimum absolute atomic E-state index is 0.123. The number of anilines is 1. The first-order valence-corrected chi connectivity index (χ1v) is 12.8. The number of carbonyl (C=O) groups excluding carboxylic acids is 2. The molecule has 206 valence electrons. The van der Waals surface area contributed by atoms with Crippen LogP contribution in [0.4, 0.5) is 18.9 Å². The molecule has 3 aromatic rings. The Morgan fingerprint density at radius 1 is 1.05 bits per heavy atom. The van der Waals surface area contributed by atoms with Crippen LogP contribution in [0.25, 0.3) is 0 Å². The number of esters is 1. The molecular weight excluding hydrogens is 511 g/mol. The summed E-state index contributed by atoms with van der Waals surface area (Å²) in [6.45, 7) is -0.123. The van der Waals surface area contributed by atoms with Gasteiger partial charge in [0.15, 0.2) is 5.69 Å². The Morgan fingerprint density at radius 3 is 2.44 bits per heavy atom. The molecule has 1 fully saturated rings. The third-order valence-electron chi connectivity index (χ3n) is 7.02. The summed E-state index contributed by atoms with van der Waals surface area (Å²) in [6, 6.07) is 15.9. The molecule has 1 aromatic heterocycles. The Hall–Kier alpha value is -3.95. The van der Waals surface area contributed by atoms with E-state index in [1.807, 2.05) is 18.2 Å². The number of rotatable bonds is 9. The number of aromatic nitrogens is 2. The molecule has 1 aliphatic rings. The number of hydrogen-bond donors (Lipinski definition) is 1. The predicted octanol–water partition coefficient (Wildman–Crippen LogP) is 5.33. The second-order valence-electron chi connectivity index (χ2n) is 9.74. The van der Waals surface area contributed by atoms with Crippen LogP contribution in [0, 0.1) is 5.92 Å². The molecule has 1 atom stereocenters. The van der Waals surface area contributed by atoms with Gasteiger partial charge in [-0.05, 0) is 60.1 Å². The highest BCUT2D eigenvalue weighted by Gasteiger charge is 2.34. The highest BCUT2D eigenvalue weighted by Crippen LogP contribution is 2.38. The van der Waals surface area contributed by atoms with Gasteiger partial charge in [0.25, 0.3) is 5.56 Å². The maximum absolute atomic E-state index is 13.5. The van der Waals surface area contributed by atoms with Gasteiger partial charge in [0, 0.05) is 18.2 Å². The van der Waals surface area contributed by atoms with E-state index >= 15 is 0 Å². The van der Waals surface area contributed by atoms with Gasteiger partial charge in [-0.3, -0.25) is 14.4 Å². The molecule has 0 bridgehead atoms. The normalized spacial score (nSPS) is 14.7. The van der Waals surface area contributed by atoms with Crippen LogP contribution >= 0.6 is 0 Å². The maximum Gasteiger partial charge on any atom is 0.435 e. The molecule has 1 saturated carbocycles. The van der Waals surface area contributed by atoms with Crippen LogP contribution in [0.2, 0.25) is 0 Å². The lowest BCUT2D eigenvalue weighted by Crippen LogP contribution is -2.27. The molecule has 39 heavy (non-hydrogen) atoms. The fourth-order valence-electron chi connectivity index (χ4n) is 5.02. The summed E-state index contributed by atoms with van der Waals surface area (Å²) < 4.78 is 44.6. The number of nitrogens with zero attached hydrogens (tertiary/aromatic N) is 2. The molecule has 1 aliphatic carbocycles. The summed E-state index contributed by atoms with van der Waals surface area (Å²) >= 11 is 0. The number of alkyl halides is 3. The van der Waals surface area contributed by atoms with E-state index in [1.54, 1.807) is 30.3 Å². The summed E-state index contributed by atoms with van der Waals surface area (Å²) in [5.74, 6) is -0.695. The van der Waals surface area contributed by atoms with Crippen LogP contribution in [0.1, 0.15) is 60.4 Å². The average Bonchev–Trinajstić information content (AvgIpc) is 3.43. The zero-order chi connectivity index (χ0) is 28.0. The van der Waals surface area contributed by atoms with Gasteiger partial charge in [0.2, 0.25) is 5.91 Å². The number of halogens is 3. The lowest BCUT2D eigenvalue weighted by molar-refractivity contribution is -0.142. The molecular formula is C29H30F3N3O4. The highest BCUT2D eigenvalue weighted by molar-refractivity contribution is 5.96. The lowest BCUT2D eigenvalue weighted by Gasteiger charge is -2.24. The first kappa shape index (κ1) is 28.1. The van der Waals surface area contributed by atoms with Gasteiger partial charge in [-0.15, -0.1) is 0 Å². The van der Waals surface area contributed by atoms with Crippen molar-refractivity contribution in [3.63, 3.8) is 0 Å². The molecule has 2 aromatic carbocycles. The summed E-state index contributed by atoms with van der Waals surface area (Å²) in [6.07, 6.45) is 0.00725. The molecule has 1 N–H and O–H groups in total. The number of methoxy groups -OCH3 is 1. The number of nitrogens with one attached hydrogen (secondary N) is 1. The van der Waals surface area contributed by atoms with Crippen LogP contribution in [-0.4, -0.2) is 28.8 Å². The van der Waals surface area contributed by atoms with Gasteiger partial charge >= 0.3 is 12.1 Å². The Kier molecular flexibility index (Phi) is 8.83. The molecule has 0 radical (unpaired) electrons. The van der Waals surface area contributed by atoms with Crippen molar-refractivity contribution in [2.45, 2.75) is 57.2 Å². The fourth-order valence-corrected chi connectivity index (χ4v) is 5.02. The van der Waals surface area contributed by atoms with E-state index in [2.05, 4.69) is 10.4 Å². The van der Waals surface area contributed by atoms with Gasteiger partial charge in [-0.25, -0.2) is 4.68 Å². The van der Waals surface area contributed by atoms with Crippen LogP contribution in [-0.2, 0) is 33.5 Å². The summed E-state index contributed by atoms with van der Waals surface area (Å²) in [7, 11) is 1.34. The van der Waals surface area contributed by atoms with Gasteiger partial charge in [-0.1, -0.05) is 49.2 Å². The standard InChI is InChI=1S/C29H30F3N3O4/c1-39-26(37)16-11-19-5-4-8-23(17-19)33-28(38)27(21-6-2-3-7-21)22-12-9-20(10-13-22)18-35-25(36)15-14-24(34-35)29(30,31)32/h4-5,8-10,12-15,17,21,27H,2-3,6-7,11,16,18H2,1H3,(H,33,38). The van der Waals surface area contributed by atoms with Crippen molar-refractivity contribution in [2.75, 3.05) is 12.4 Å². The van der Waals surface area contributed by atoms with Crippen LogP contribution in [0.3, 0.4) is 0 Å². The molecule has 1 amide bonds. The third-order valence-corrected chi connectivity index (χ3v) is 7.02.